The molecule has 0 spiro atoms. The Kier molecular flexibility index (Phi) is 6.03. The third-order valence-corrected chi connectivity index (χ3v) is 5.97. The van der Waals surface area contributed by atoms with Gasteiger partial charge in [0.2, 0.25) is 0 Å². The van der Waals surface area contributed by atoms with E-state index in [1.807, 2.05) is 50.2 Å². The molecule has 29 heavy (non-hydrogen) atoms. The standard InChI is InChI=1S/C23H24N2O3S/c1-16(2)20-15-22(26)17(3)14-21(20)24-23(18-10-6-4-7-11-18)25-29(27,28)19-12-8-5-9-13-19/h4-16,26H,1-3H3,(H,24,25)/p+1. The highest BCUT2D eigenvalue weighted by Crippen LogP contribution is 2.31. The average molecular weight is 410 g/mol. The van der Waals surface area contributed by atoms with Gasteiger partial charge < -0.3 is 5.11 Å². The minimum absolute atomic E-state index is 0.131. The van der Waals surface area contributed by atoms with Crippen LogP contribution in [-0.4, -0.2) is 19.4 Å². The van der Waals surface area contributed by atoms with Crippen LogP contribution in [0, 0.1) is 6.92 Å². The van der Waals surface area contributed by atoms with E-state index in [0.29, 0.717) is 17.0 Å². The summed E-state index contributed by atoms with van der Waals surface area (Å²) in [6.07, 6.45) is 0. The Bertz CT molecular complexity index is 1120. The molecule has 0 saturated carbocycles. The molecule has 0 fully saturated rings. The van der Waals surface area contributed by atoms with E-state index < -0.39 is 10.0 Å². The van der Waals surface area contributed by atoms with E-state index in [1.165, 1.54) is 0 Å². The fourth-order valence-corrected chi connectivity index (χ4v) is 4.06. The van der Waals surface area contributed by atoms with Crippen molar-refractivity contribution in [1.29, 1.82) is 0 Å². The summed E-state index contributed by atoms with van der Waals surface area (Å²) in [4.78, 5) is 0.182. The number of hydrogen-bond donors (Lipinski definition) is 3. The monoisotopic (exact) mass is 409 g/mol. The molecule has 0 heterocycles. The zero-order chi connectivity index (χ0) is 21.0. The van der Waals surface area contributed by atoms with Crippen molar-refractivity contribution in [2.75, 3.05) is 5.32 Å². The van der Waals surface area contributed by atoms with Crippen LogP contribution in [0.2, 0.25) is 0 Å². The minimum Gasteiger partial charge on any atom is -0.508 e. The van der Waals surface area contributed by atoms with Crippen LogP contribution in [0.25, 0.3) is 0 Å². The van der Waals surface area contributed by atoms with Crippen LogP contribution in [0.15, 0.2) is 77.7 Å². The summed E-state index contributed by atoms with van der Waals surface area (Å²) in [7, 11) is -3.78. The van der Waals surface area contributed by atoms with Crippen molar-refractivity contribution in [3.63, 3.8) is 0 Å². The molecule has 0 aromatic heterocycles. The number of benzene rings is 3. The molecule has 0 amide bonds. The van der Waals surface area contributed by atoms with E-state index >= 15 is 0 Å². The normalized spacial score (nSPS) is 12.2. The second-order valence-corrected chi connectivity index (χ2v) is 8.85. The largest absolute Gasteiger partial charge is 0.508 e. The third kappa shape index (κ3) is 4.84. The van der Waals surface area contributed by atoms with E-state index in [0.717, 1.165) is 11.3 Å². The van der Waals surface area contributed by atoms with Crippen LogP contribution >= 0.6 is 0 Å². The van der Waals surface area contributed by atoms with Gasteiger partial charge in [0.1, 0.15) is 16.3 Å². The van der Waals surface area contributed by atoms with E-state index in [9.17, 15) is 13.5 Å². The lowest BCUT2D eigenvalue weighted by atomic mass is 9.98. The van der Waals surface area contributed by atoms with Crippen LogP contribution in [0.4, 0.5) is 5.69 Å². The van der Waals surface area contributed by atoms with Gasteiger partial charge in [-0.3, -0.25) is 0 Å². The van der Waals surface area contributed by atoms with Gasteiger partial charge >= 0.3 is 10.0 Å². The van der Waals surface area contributed by atoms with Gasteiger partial charge in [0.15, 0.2) is 0 Å². The number of rotatable bonds is 5. The van der Waals surface area contributed by atoms with Gasteiger partial charge in [-0.2, -0.15) is 12.8 Å². The predicted molar refractivity (Wildman–Crippen MR) is 116 cm³/mol. The van der Waals surface area contributed by atoms with Gasteiger partial charge in [0.05, 0.1) is 5.56 Å². The van der Waals surface area contributed by atoms with Crippen molar-refractivity contribution in [3.8, 4) is 5.75 Å². The Morgan fingerprint density at radius 1 is 0.966 bits per heavy atom. The predicted octanol–water partition coefficient (Wildman–Crippen LogP) is 3.15. The first-order valence-electron chi connectivity index (χ1n) is 9.38. The van der Waals surface area contributed by atoms with Crippen LogP contribution in [0.3, 0.4) is 0 Å². The van der Waals surface area contributed by atoms with Crippen molar-refractivity contribution in [1.82, 2.24) is 0 Å². The molecular weight excluding hydrogens is 384 g/mol. The molecule has 5 nitrogen and oxygen atoms in total. The summed E-state index contributed by atoms with van der Waals surface area (Å²) in [6.45, 7) is 5.85. The molecule has 0 aliphatic rings. The first-order valence-corrected chi connectivity index (χ1v) is 10.9. The van der Waals surface area contributed by atoms with Crippen molar-refractivity contribution in [3.05, 3.63) is 89.5 Å². The summed E-state index contributed by atoms with van der Waals surface area (Å²) in [5, 5.41) is 13.4. The molecule has 0 aliphatic carbocycles. The number of aromatic hydroxyl groups is 1. The first-order chi connectivity index (χ1) is 13.8. The fourth-order valence-electron chi connectivity index (χ4n) is 2.99. The molecule has 3 aromatic carbocycles. The maximum atomic E-state index is 12.9. The number of nitrogens with one attached hydrogen (secondary N) is 2. The van der Waals surface area contributed by atoms with Crippen molar-refractivity contribution in [2.24, 2.45) is 0 Å². The topological polar surface area (TPSA) is 80.4 Å². The number of aryl methyl sites for hydroxylation is 1. The van der Waals surface area contributed by atoms with Crippen LogP contribution in [-0.2, 0) is 10.0 Å². The molecule has 150 valence electrons. The molecule has 3 aromatic rings. The van der Waals surface area contributed by atoms with Gasteiger partial charge in [0, 0.05) is 5.56 Å². The van der Waals surface area contributed by atoms with Crippen molar-refractivity contribution < 1.29 is 17.9 Å². The van der Waals surface area contributed by atoms with Gasteiger partial charge in [-0.15, -0.1) is 0 Å². The zero-order valence-corrected chi connectivity index (χ0v) is 17.5. The molecular formula is C23H25N2O3S+. The summed E-state index contributed by atoms with van der Waals surface area (Å²) < 4.78 is 28.6. The van der Waals surface area contributed by atoms with E-state index in [1.54, 1.807) is 43.3 Å². The highest BCUT2D eigenvalue weighted by atomic mass is 32.2. The Labute approximate surface area is 171 Å². The first kappa shape index (κ1) is 20.6. The SMILES string of the molecule is Cc1cc(NC(=[NH+]S(=O)(=O)c2ccccc2)c2ccccc2)c(C(C)C)cc1O. The zero-order valence-electron chi connectivity index (χ0n) is 16.7. The van der Waals surface area contributed by atoms with Crippen LogP contribution < -0.4 is 9.71 Å². The maximum Gasteiger partial charge on any atom is 0.328 e. The van der Waals surface area contributed by atoms with Crippen LogP contribution in [0.1, 0.15) is 36.5 Å². The second-order valence-electron chi connectivity index (χ2n) is 7.17. The molecule has 3 rings (SSSR count). The fraction of sp³-hybridized carbons (Fsp3) is 0.174. The highest BCUT2D eigenvalue weighted by Gasteiger charge is 2.22. The molecule has 0 radical (unpaired) electrons. The molecule has 0 bridgehead atoms. The molecule has 6 heteroatoms. The second kappa shape index (κ2) is 8.49. The molecule has 0 atom stereocenters. The average Bonchev–Trinajstić information content (AvgIpc) is 2.71. The van der Waals surface area contributed by atoms with Gasteiger partial charge in [-0.25, -0.2) is 5.32 Å². The third-order valence-electron chi connectivity index (χ3n) is 4.60. The van der Waals surface area contributed by atoms with E-state index in [2.05, 4.69) is 9.71 Å². The minimum atomic E-state index is -3.78. The highest BCUT2D eigenvalue weighted by molar-refractivity contribution is 7.84. The number of anilines is 1. The summed E-state index contributed by atoms with van der Waals surface area (Å²) in [6, 6.07) is 21.0. The molecule has 3 N–H and O–H groups in total. The molecule has 0 aliphatic heterocycles. The van der Waals surface area contributed by atoms with Gasteiger partial charge in [-0.05, 0) is 54.8 Å². The lowest BCUT2D eigenvalue weighted by Crippen LogP contribution is -2.78. The number of hydrogen-bond acceptors (Lipinski definition) is 3. The number of phenolic OH excluding ortho intramolecular Hbond substituents is 1. The molecule has 0 saturated heterocycles. The Balaban J connectivity index is 2.13. The Morgan fingerprint density at radius 2 is 1.55 bits per heavy atom. The number of sulfonamides is 1. The molecule has 0 unspecified atom stereocenters. The summed E-state index contributed by atoms with van der Waals surface area (Å²) in [5.74, 6) is 0.693. The Hall–Kier alpha value is -3.12. The van der Waals surface area contributed by atoms with Gasteiger partial charge in [0.25, 0.3) is 5.84 Å². The number of phenols is 1. The van der Waals surface area contributed by atoms with Crippen LogP contribution in [0.5, 0.6) is 5.75 Å². The quantitative estimate of drug-likeness (QED) is 0.344. The summed E-state index contributed by atoms with van der Waals surface area (Å²) in [5.41, 5.74) is 3.04. The van der Waals surface area contributed by atoms with E-state index in [-0.39, 0.29) is 16.6 Å². The lowest BCUT2D eigenvalue weighted by molar-refractivity contribution is -0.266. The maximum absolute atomic E-state index is 12.9. The van der Waals surface area contributed by atoms with Crippen molar-refractivity contribution in [2.45, 2.75) is 31.6 Å². The van der Waals surface area contributed by atoms with E-state index in [4.69, 9.17) is 0 Å². The lowest BCUT2D eigenvalue weighted by Gasteiger charge is -2.13. The Morgan fingerprint density at radius 3 is 2.14 bits per heavy atom. The smallest absolute Gasteiger partial charge is 0.328 e. The number of amidine groups is 1. The summed E-state index contributed by atoms with van der Waals surface area (Å²) >= 11 is 0. The van der Waals surface area contributed by atoms with Crippen molar-refractivity contribution >= 4 is 21.5 Å². The van der Waals surface area contributed by atoms with Gasteiger partial charge in [-0.1, -0.05) is 50.2 Å².